The van der Waals surface area contributed by atoms with E-state index in [4.69, 9.17) is 15.2 Å². The number of ether oxygens (including phenoxy) is 2. The average molecular weight is 369 g/mol. The molecule has 3 heterocycles. The molecule has 0 unspecified atom stereocenters. The van der Waals surface area contributed by atoms with Crippen LogP contribution in [0.15, 0.2) is 43.0 Å². The third-order valence-electron chi connectivity index (χ3n) is 5.40. The minimum absolute atomic E-state index is 0.186. The molecule has 0 radical (unpaired) electrons. The zero-order valence-corrected chi connectivity index (χ0v) is 14.3. The molecule has 0 bridgehead atoms. The molecule has 9 nitrogen and oxygen atoms in total. The second kappa shape index (κ2) is 5.96. The second-order valence-electron chi connectivity index (χ2n) is 6.98. The summed E-state index contributed by atoms with van der Waals surface area (Å²) in [6.45, 7) is 0.592. The molecule has 5 atom stereocenters. The van der Waals surface area contributed by atoms with Gasteiger partial charge >= 0.3 is 0 Å². The smallest absolute Gasteiger partial charge is 0.165 e. The van der Waals surface area contributed by atoms with Crippen LogP contribution >= 0.6 is 0 Å². The Morgan fingerprint density at radius 1 is 1.19 bits per heavy atom. The van der Waals surface area contributed by atoms with Crippen LogP contribution in [-0.4, -0.2) is 60.3 Å². The zero-order valence-electron chi connectivity index (χ0n) is 14.3. The molecule has 0 amide bonds. The molecule has 1 aliphatic heterocycles. The summed E-state index contributed by atoms with van der Waals surface area (Å²) in [4.78, 5) is 12.4. The maximum Gasteiger partial charge on any atom is 0.165 e. The predicted molar refractivity (Wildman–Crippen MR) is 94.5 cm³/mol. The number of hydrogen-bond acceptors (Lipinski definition) is 8. The molecule has 1 saturated carbocycles. The first kappa shape index (κ1) is 16.6. The van der Waals surface area contributed by atoms with E-state index in [1.165, 1.54) is 6.33 Å². The molecule has 27 heavy (non-hydrogen) atoms. The number of aliphatic hydroxyl groups is 2. The Morgan fingerprint density at radius 3 is 2.81 bits per heavy atom. The van der Waals surface area contributed by atoms with Crippen molar-refractivity contribution in [2.75, 3.05) is 12.3 Å². The standard InChI is InChI=1S/C18H19N5O4/c19-16-11-17(21-8-20-16)23(9-22-11)12-13(24)14(25)18(15(12)27-18)7-26-6-10-4-2-1-3-5-10/h1-5,8-9,12-15,24-25H,6-7H2,(H2,19,20,21)/t12-,13-,14-,15-,18+/m0/s1. The molecule has 0 spiro atoms. The zero-order chi connectivity index (χ0) is 18.6. The Balaban J connectivity index is 1.37. The van der Waals surface area contributed by atoms with E-state index in [1.807, 2.05) is 30.3 Å². The van der Waals surface area contributed by atoms with Crippen molar-refractivity contribution in [1.29, 1.82) is 0 Å². The first-order valence-corrected chi connectivity index (χ1v) is 8.70. The van der Waals surface area contributed by atoms with E-state index in [1.54, 1.807) is 10.9 Å². The molecule has 1 aromatic carbocycles. The first-order chi connectivity index (χ1) is 13.1. The van der Waals surface area contributed by atoms with Crippen molar-refractivity contribution in [3.05, 3.63) is 48.5 Å². The lowest BCUT2D eigenvalue weighted by Gasteiger charge is -2.23. The van der Waals surface area contributed by atoms with Crippen molar-refractivity contribution in [2.45, 2.75) is 36.6 Å². The lowest BCUT2D eigenvalue weighted by Crippen LogP contribution is -2.40. The Bertz CT molecular complexity index is 980. The molecule has 2 aliphatic rings. The van der Waals surface area contributed by atoms with Gasteiger partial charge in [0, 0.05) is 0 Å². The van der Waals surface area contributed by atoms with Gasteiger partial charge in [-0.1, -0.05) is 30.3 Å². The number of benzene rings is 1. The van der Waals surface area contributed by atoms with Crippen LogP contribution in [0.3, 0.4) is 0 Å². The molecular formula is C18H19N5O4. The normalized spacial score (nSPS) is 31.9. The molecule has 1 saturated heterocycles. The van der Waals surface area contributed by atoms with Gasteiger partial charge in [0.1, 0.15) is 35.8 Å². The number of aliphatic hydroxyl groups excluding tert-OH is 2. The minimum Gasteiger partial charge on any atom is -0.388 e. The van der Waals surface area contributed by atoms with E-state index >= 15 is 0 Å². The molecule has 4 N–H and O–H groups in total. The van der Waals surface area contributed by atoms with Crippen LogP contribution in [0.1, 0.15) is 11.6 Å². The summed E-state index contributed by atoms with van der Waals surface area (Å²) in [7, 11) is 0. The van der Waals surface area contributed by atoms with Gasteiger partial charge < -0.3 is 30.0 Å². The van der Waals surface area contributed by atoms with Crippen molar-refractivity contribution in [3.63, 3.8) is 0 Å². The van der Waals surface area contributed by atoms with Gasteiger partial charge in [-0.2, -0.15) is 0 Å². The molecule has 3 aromatic rings. The van der Waals surface area contributed by atoms with E-state index in [2.05, 4.69) is 15.0 Å². The van der Waals surface area contributed by atoms with Crippen LogP contribution in [0.5, 0.6) is 0 Å². The summed E-state index contributed by atoms with van der Waals surface area (Å²) in [6, 6.07) is 9.22. The van der Waals surface area contributed by atoms with E-state index in [0.29, 0.717) is 17.8 Å². The molecule has 5 rings (SSSR count). The van der Waals surface area contributed by atoms with Crippen LogP contribution in [0, 0.1) is 0 Å². The number of nitrogens with two attached hydrogens (primary N) is 1. The van der Waals surface area contributed by atoms with Crippen molar-refractivity contribution in [2.24, 2.45) is 0 Å². The summed E-state index contributed by atoms with van der Waals surface area (Å²) in [6.07, 6.45) is 0.390. The van der Waals surface area contributed by atoms with Gasteiger partial charge in [0.05, 0.1) is 25.6 Å². The van der Waals surface area contributed by atoms with Crippen molar-refractivity contribution in [1.82, 2.24) is 19.5 Å². The second-order valence-corrected chi connectivity index (χ2v) is 6.98. The van der Waals surface area contributed by atoms with Gasteiger partial charge in [-0.15, -0.1) is 0 Å². The maximum atomic E-state index is 10.6. The molecule has 9 heteroatoms. The summed E-state index contributed by atoms with van der Waals surface area (Å²) in [5.41, 5.74) is 6.89. The van der Waals surface area contributed by atoms with Crippen LogP contribution in [-0.2, 0) is 16.1 Å². The van der Waals surface area contributed by atoms with E-state index in [-0.39, 0.29) is 12.4 Å². The van der Waals surface area contributed by atoms with Crippen LogP contribution in [0.4, 0.5) is 5.82 Å². The number of anilines is 1. The minimum atomic E-state index is -1.07. The molecule has 2 fully saturated rings. The van der Waals surface area contributed by atoms with Gasteiger partial charge in [-0.3, -0.25) is 0 Å². The third kappa shape index (κ3) is 2.43. The van der Waals surface area contributed by atoms with Gasteiger partial charge in [-0.25, -0.2) is 15.0 Å². The third-order valence-corrected chi connectivity index (χ3v) is 5.40. The number of rotatable bonds is 5. The average Bonchev–Trinajstić information content (AvgIpc) is 3.16. The molecule has 140 valence electrons. The number of nitrogen functional groups attached to an aromatic ring is 1. The van der Waals surface area contributed by atoms with Gasteiger partial charge in [0.15, 0.2) is 11.5 Å². The number of hydrogen-bond donors (Lipinski definition) is 3. The lowest BCUT2D eigenvalue weighted by molar-refractivity contribution is -0.0720. The van der Waals surface area contributed by atoms with Crippen LogP contribution < -0.4 is 5.73 Å². The highest BCUT2D eigenvalue weighted by Crippen LogP contribution is 2.55. The highest BCUT2D eigenvalue weighted by atomic mass is 16.7. The Hall–Kier alpha value is -2.59. The fourth-order valence-corrected chi connectivity index (χ4v) is 3.96. The highest BCUT2D eigenvalue weighted by Gasteiger charge is 2.74. The molecule has 2 aromatic heterocycles. The first-order valence-electron chi connectivity index (χ1n) is 8.70. The van der Waals surface area contributed by atoms with Gasteiger partial charge in [-0.05, 0) is 5.56 Å². The monoisotopic (exact) mass is 369 g/mol. The summed E-state index contributed by atoms with van der Waals surface area (Å²) < 4.78 is 13.3. The van der Waals surface area contributed by atoms with E-state index < -0.39 is 30.0 Å². The quantitative estimate of drug-likeness (QED) is 0.537. The topological polar surface area (TPSA) is 132 Å². The molecular weight excluding hydrogens is 350 g/mol. The van der Waals surface area contributed by atoms with Gasteiger partial charge in [0.2, 0.25) is 0 Å². The number of fused-ring (bicyclic) bond motifs is 2. The number of aromatic nitrogens is 4. The number of nitrogens with zero attached hydrogens (tertiary/aromatic N) is 4. The highest BCUT2D eigenvalue weighted by molar-refractivity contribution is 5.81. The predicted octanol–water partition coefficient (Wildman–Crippen LogP) is 0.0394. The van der Waals surface area contributed by atoms with E-state index in [9.17, 15) is 10.2 Å². The van der Waals surface area contributed by atoms with Crippen molar-refractivity contribution >= 4 is 17.0 Å². The fourth-order valence-electron chi connectivity index (χ4n) is 3.96. The Morgan fingerprint density at radius 2 is 2.00 bits per heavy atom. The molecule has 1 aliphatic carbocycles. The number of imidazole rings is 1. The Kier molecular flexibility index (Phi) is 3.66. The summed E-state index contributed by atoms with van der Waals surface area (Å²) in [5, 5.41) is 21.2. The summed E-state index contributed by atoms with van der Waals surface area (Å²) >= 11 is 0. The van der Waals surface area contributed by atoms with Crippen molar-refractivity contribution < 1.29 is 19.7 Å². The Labute approximate surface area is 154 Å². The van der Waals surface area contributed by atoms with Gasteiger partial charge in [0.25, 0.3) is 0 Å². The maximum absolute atomic E-state index is 10.6. The SMILES string of the molecule is Nc1ncnc2c1ncn2[C@H]1[C@H](O)[C@H](O)[C@@]2(COCc3ccccc3)O[C@@H]12. The summed E-state index contributed by atoms with van der Waals surface area (Å²) in [5.74, 6) is 0.265. The number of epoxide rings is 1. The van der Waals surface area contributed by atoms with Crippen molar-refractivity contribution in [3.8, 4) is 0 Å². The lowest BCUT2D eigenvalue weighted by atomic mass is 10.1. The van der Waals surface area contributed by atoms with Crippen LogP contribution in [0.25, 0.3) is 11.2 Å². The largest absolute Gasteiger partial charge is 0.388 e. The fraction of sp³-hybridized carbons (Fsp3) is 0.389. The van der Waals surface area contributed by atoms with E-state index in [0.717, 1.165) is 5.56 Å². The van der Waals surface area contributed by atoms with Crippen LogP contribution in [0.2, 0.25) is 0 Å².